The lowest BCUT2D eigenvalue weighted by molar-refractivity contribution is 0.415. The second-order valence-corrected chi connectivity index (χ2v) is 4.11. The summed E-state index contributed by atoms with van der Waals surface area (Å²) in [6.07, 6.45) is 0.873. The average molecular weight is 236 g/mol. The highest BCUT2D eigenvalue weighted by Gasteiger charge is 2.03. The van der Waals surface area contributed by atoms with Gasteiger partial charge in [0.15, 0.2) is 0 Å². The van der Waals surface area contributed by atoms with Crippen molar-refractivity contribution >= 4 is 22.4 Å². The minimum Gasteiger partial charge on any atom is -0.497 e. The van der Waals surface area contributed by atoms with Crippen LogP contribution in [-0.2, 0) is 6.42 Å². The Morgan fingerprint density at radius 2 is 2.06 bits per heavy atom. The summed E-state index contributed by atoms with van der Waals surface area (Å²) in [4.78, 5) is 0. The molecule has 0 spiro atoms. The zero-order chi connectivity index (χ0) is 11.5. The minimum absolute atomic E-state index is 0.652. The van der Waals surface area contributed by atoms with Gasteiger partial charge in [0.2, 0.25) is 0 Å². The Balaban J connectivity index is 2.56. The predicted molar refractivity (Wildman–Crippen MR) is 68.3 cm³/mol. The van der Waals surface area contributed by atoms with Crippen molar-refractivity contribution in [1.82, 2.24) is 0 Å². The van der Waals surface area contributed by atoms with Gasteiger partial charge in [-0.1, -0.05) is 23.7 Å². The minimum atomic E-state index is 0.652. The van der Waals surface area contributed by atoms with Gasteiger partial charge in [-0.3, -0.25) is 0 Å². The molecule has 3 heteroatoms. The molecule has 2 aromatic rings. The fraction of sp³-hybridized carbons (Fsp3) is 0.231. The van der Waals surface area contributed by atoms with Gasteiger partial charge < -0.3 is 10.5 Å². The summed E-state index contributed by atoms with van der Waals surface area (Å²) >= 11 is 6.20. The highest BCUT2D eigenvalue weighted by atomic mass is 35.5. The Hall–Kier alpha value is -1.25. The smallest absolute Gasteiger partial charge is 0.120 e. The topological polar surface area (TPSA) is 35.2 Å². The molecule has 0 bridgehead atoms. The maximum Gasteiger partial charge on any atom is 0.120 e. The maximum atomic E-state index is 6.20. The molecule has 2 rings (SSSR count). The summed E-state index contributed by atoms with van der Waals surface area (Å²) in [5, 5.41) is 2.85. The Labute approximate surface area is 100.0 Å². The summed E-state index contributed by atoms with van der Waals surface area (Å²) in [5.41, 5.74) is 6.75. The van der Waals surface area contributed by atoms with Crippen molar-refractivity contribution in [3.8, 4) is 5.75 Å². The average Bonchev–Trinajstić information content (AvgIpc) is 2.30. The number of hydrogen-bond acceptors (Lipinski definition) is 2. The van der Waals surface area contributed by atoms with Crippen molar-refractivity contribution < 1.29 is 4.74 Å². The first kappa shape index (κ1) is 11.2. The molecule has 0 atom stereocenters. The fourth-order valence-corrected chi connectivity index (χ4v) is 2.04. The van der Waals surface area contributed by atoms with Crippen molar-refractivity contribution in [3.05, 3.63) is 40.9 Å². The van der Waals surface area contributed by atoms with Crippen LogP contribution >= 0.6 is 11.6 Å². The monoisotopic (exact) mass is 235 g/mol. The van der Waals surface area contributed by atoms with Crippen LogP contribution in [0, 0.1) is 0 Å². The number of rotatable bonds is 3. The highest BCUT2D eigenvalue weighted by Crippen LogP contribution is 2.29. The zero-order valence-electron chi connectivity index (χ0n) is 9.16. The molecule has 0 aromatic heterocycles. The standard InChI is InChI=1S/C13H14ClNO/c1-16-11-7-10-3-2-9(4-5-15)6-12(10)13(14)8-11/h2-3,6-8H,4-5,15H2,1H3. The molecular formula is C13H14ClNO. The van der Waals surface area contributed by atoms with E-state index < -0.39 is 0 Å². The van der Waals surface area contributed by atoms with Crippen molar-refractivity contribution in [2.24, 2.45) is 5.73 Å². The first-order valence-corrected chi connectivity index (χ1v) is 5.58. The van der Waals surface area contributed by atoms with Crippen molar-refractivity contribution in [2.45, 2.75) is 6.42 Å². The van der Waals surface area contributed by atoms with Crippen LogP contribution in [0.25, 0.3) is 10.8 Å². The Morgan fingerprint density at radius 1 is 1.25 bits per heavy atom. The van der Waals surface area contributed by atoms with Gasteiger partial charge >= 0.3 is 0 Å². The molecule has 2 nitrogen and oxygen atoms in total. The third-order valence-corrected chi connectivity index (χ3v) is 2.92. The second-order valence-electron chi connectivity index (χ2n) is 3.70. The summed E-state index contributed by atoms with van der Waals surface area (Å²) in [5.74, 6) is 0.782. The molecule has 0 aliphatic rings. The number of fused-ring (bicyclic) bond motifs is 1. The fourth-order valence-electron chi connectivity index (χ4n) is 1.77. The normalized spacial score (nSPS) is 10.7. The Morgan fingerprint density at radius 3 is 2.75 bits per heavy atom. The van der Waals surface area contributed by atoms with Gasteiger partial charge in [0.1, 0.15) is 5.75 Å². The molecule has 0 saturated carbocycles. The molecule has 0 heterocycles. The predicted octanol–water partition coefficient (Wildman–Crippen LogP) is 3.00. The van der Waals surface area contributed by atoms with E-state index in [1.165, 1.54) is 5.56 Å². The van der Waals surface area contributed by atoms with E-state index >= 15 is 0 Å². The molecule has 0 aliphatic heterocycles. The molecule has 2 N–H and O–H groups in total. The van der Waals surface area contributed by atoms with Gasteiger partial charge in [0.05, 0.1) is 12.1 Å². The molecule has 84 valence electrons. The summed E-state index contributed by atoms with van der Waals surface area (Å²) in [6, 6.07) is 10.0. The molecule has 0 aliphatic carbocycles. The summed E-state index contributed by atoms with van der Waals surface area (Å²) in [7, 11) is 1.64. The van der Waals surface area contributed by atoms with E-state index in [4.69, 9.17) is 22.1 Å². The van der Waals surface area contributed by atoms with Crippen LogP contribution < -0.4 is 10.5 Å². The third-order valence-electron chi connectivity index (χ3n) is 2.61. The van der Waals surface area contributed by atoms with Crippen molar-refractivity contribution in [3.63, 3.8) is 0 Å². The van der Waals surface area contributed by atoms with E-state index in [1.807, 2.05) is 12.1 Å². The zero-order valence-corrected chi connectivity index (χ0v) is 9.92. The molecule has 16 heavy (non-hydrogen) atoms. The number of halogens is 1. The van der Waals surface area contributed by atoms with Gasteiger partial charge in [0, 0.05) is 5.39 Å². The third kappa shape index (κ3) is 2.13. The van der Waals surface area contributed by atoms with E-state index in [9.17, 15) is 0 Å². The number of benzene rings is 2. The Kier molecular flexibility index (Phi) is 3.32. The molecule has 0 fully saturated rings. The SMILES string of the molecule is COc1cc(Cl)c2cc(CCN)ccc2c1. The highest BCUT2D eigenvalue weighted by molar-refractivity contribution is 6.35. The van der Waals surface area contributed by atoms with E-state index in [0.717, 1.165) is 22.9 Å². The van der Waals surface area contributed by atoms with Gasteiger partial charge in [-0.05, 0) is 42.1 Å². The van der Waals surface area contributed by atoms with Crippen molar-refractivity contribution in [1.29, 1.82) is 0 Å². The van der Waals surface area contributed by atoms with Crippen LogP contribution in [0.5, 0.6) is 5.75 Å². The molecule has 0 radical (unpaired) electrons. The van der Waals surface area contributed by atoms with Gasteiger partial charge in [-0.15, -0.1) is 0 Å². The van der Waals surface area contributed by atoms with Crippen LogP contribution in [-0.4, -0.2) is 13.7 Å². The molecule has 0 amide bonds. The lowest BCUT2D eigenvalue weighted by Gasteiger charge is -2.07. The van der Waals surface area contributed by atoms with Crippen LogP contribution in [0.2, 0.25) is 5.02 Å². The molecule has 2 aromatic carbocycles. The maximum absolute atomic E-state index is 6.20. The van der Waals surface area contributed by atoms with Crippen LogP contribution in [0.4, 0.5) is 0 Å². The van der Waals surface area contributed by atoms with Crippen molar-refractivity contribution in [2.75, 3.05) is 13.7 Å². The number of ether oxygens (including phenoxy) is 1. The molecule has 0 unspecified atom stereocenters. The number of nitrogens with two attached hydrogens (primary N) is 1. The lowest BCUT2D eigenvalue weighted by atomic mass is 10.0. The van der Waals surface area contributed by atoms with E-state index in [1.54, 1.807) is 7.11 Å². The quantitative estimate of drug-likeness (QED) is 0.888. The lowest BCUT2D eigenvalue weighted by Crippen LogP contribution is -2.02. The summed E-state index contributed by atoms with van der Waals surface area (Å²) in [6.45, 7) is 0.652. The number of methoxy groups -OCH3 is 1. The van der Waals surface area contributed by atoms with Gasteiger partial charge in [0.25, 0.3) is 0 Å². The van der Waals surface area contributed by atoms with Gasteiger partial charge in [-0.25, -0.2) is 0 Å². The van der Waals surface area contributed by atoms with Crippen LogP contribution in [0.15, 0.2) is 30.3 Å². The second kappa shape index (κ2) is 4.73. The van der Waals surface area contributed by atoms with E-state index in [2.05, 4.69) is 18.2 Å². The largest absolute Gasteiger partial charge is 0.497 e. The molecule has 0 saturated heterocycles. The first-order chi connectivity index (χ1) is 7.74. The number of hydrogen-bond donors (Lipinski definition) is 1. The van der Waals surface area contributed by atoms with E-state index in [0.29, 0.717) is 11.6 Å². The van der Waals surface area contributed by atoms with Crippen LogP contribution in [0.1, 0.15) is 5.56 Å². The van der Waals surface area contributed by atoms with Crippen LogP contribution in [0.3, 0.4) is 0 Å². The van der Waals surface area contributed by atoms with E-state index in [-0.39, 0.29) is 0 Å². The Bertz CT molecular complexity index is 511. The summed E-state index contributed by atoms with van der Waals surface area (Å²) < 4.78 is 5.18. The first-order valence-electron chi connectivity index (χ1n) is 5.21. The molecular weight excluding hydrogens is 222 g/mol. The van der Waals surface area contributed by atoms with Gasteiger partial charge in [-0.2, -0.15) is 0 Å².